The summed E-state index contributed by atoms with van der Waals surface area (Å²) < 4.78 is 0. The maximum atomic E-state index is 4.56. The van der Waals surface area contributed by atoms with Crippen molar-refractivity contribution in [1.29, 1.82) is 0 Å². The molecule has 2 aliphatic rings. The molecule has 1 aliphatic heterocycles. The van der Waals surface area contributed by atoms with Crippen LogP contribution in [0.3, 0.4) is 0 Å². The van der Waals surface area contributed by atoms with Gasteiger partial charge in [0.05, 0.1) is 0 Å². The molecule has 1 aliphatic carbocycles. The fraction of sp³-hybridized carbons (Fsp3) is 1.00. The summed E-state index contributed by atoms with van der Waals surface area (Å²) in [6, 6.07) is 0. The number of likely N-dealkylation sites (N-methyl/N-ethyl adjacent to an activating group) is 1. The highest BCUT2D eigenvalue weighted by molar-refractivity contribution is 7.80. The van der Waals surface area contributed by atoms with E-state index in [1.54, 1.807) is 0 Å². The van der Waals surface area contributed by atoms with E-state index in [1.165, 1.54) is 45.4 Å². The third-order valence-corrected chi connectivity index (χ3v) is 5.38. The van der Waals surface area contributed by atoms with Gasteiger partial charge in [-0.3, -0.25) is 9.80 Å². The summed E-state index contributed by atoms with van der Waals surface area (Å²) in [5, 5.41) is 0. The second-order valence-electron chi connectivity index (χ2n) is 6.46. The highest BCUT2D eigenvalue weighted by Crippen LogP contribution is 2.42. The summed E-state index contributed by atoms with van der Waals surface area (Å²) >= 11 is 4.56. The zero-order chi connectivity index (χ0) is 11.8. The van der Waals surface area contributed by atoms with E-state index in [1.807, 2.05) is 0 Å². The van der Waals surface area contributed by atoms with Crippen LogP contribution >= 0.6 is 12.6 Å². The van der Waals surface area contributed by atoms with Gasteiger partial charge < -0.3 is 0 Å². The van der Waals surface area contributed by atoms with Crippen molar-refractivity contribution >= 4 is 12.6 Å². The second-order valence-corrected chi connectivity index (χ2v) is 6.77. The van der Waals surface area contributed by atoms with Gasteiger partial charge in [0, 0.05) is 31.7 Å². The van der Waals surface area contributed by atoms with E-state index < -0.39 is 0 Å². The molecule has 0 bridgehead atoms. The van der Waals surface area contributed by atoms with Crippen LogP contribution in [0.25, 0.3) is 0 Å². The molecule has 0 unspecified atom stereocenters. The lowest BCUT2D eigenvalue weighted by Crippen LogP contribution is -2.59. The summed E-state index contributed by atoms with van der Waals surface area (Å²) in [5.74, 6) is 1.07. The molecule has 2 nitrogen and oxygen atoms in total. The SMILES string of the molecule is CN1CCN(CC2(CS)CCC2)CC1(C)C. The van der Waals surface area contributed by atoms with E-state index in [0.717, 1.165) is 5.75 Å². The van der Waals surface area contributed by atoms with Crippen molar-refractivity contribution in [3.05, 3.63) is 0 Å². The van der Waals surface area contributed by atoms with Crippen molar-refractivity contribution in [3.8, 4) is 0 Å². The Morgan fingerprint density at radius 1 is 1.19 bits per heavy atom. The van der Waals surface area contributed by atoms with Gasteiger partial charge in [-0.25, -0.2) is 0 Å². The van der Waals surface area contributed by atoms with Gasteiger partial charge in [-0.1, -0.05) is 6.42 Å². The predicted octanol–water partition coefficient (Wildman–Crippen LogP) is 2.11. The minimum absolute atomic E-state index is 0.333. The van der Waals surface area contributed by atoms with Crippen molar-refractivity contribution in [1.82, 2.24) is 9.80 Å². The van der Waals surface area contributed by atoms with Gasteiger partial charge in [0.25, 0.3) is 0 Å². The van der Waals surface area contributed by atoms with Crippen LogP contribution in [0.15, 0.2) is 0 Å². The zero-order valence-electron chi connectivity index (χ0n) is 11.0. The van der Waals surface area contributed by atoms with Gasteiger partial charge in [0.15, 0.2) is 0 Å². The van der Waals surface area contributed by atoms with Crippen LogP contribution in [0, 0.1) is 5.41 Å². The molecule has 0 aromatic rings. The number of nitrogens with zero attached hydrogens (tertiary/aromatic N) is 2. The van der Waals surface area contributed by atoms with Crippen LogP contribution in [-0.4, -0.2) is 54.3 Å². The van der Waals surface area contributed by atoms with Crippen LogP contribution in [-0.2, 0) is 0 Å². The van der Waals surface area contributed by atoms with Gasteiger partial charge >= 0.3 is 0 Å². The van der Waals surface area contributed by atoms with Crippen LogP contribution in [0.5, 0.6) is 0 Å². The largest absolute Gasteiger partial charge is 0.300 e. The van der Waals surface area contributed by atoms with E-state index in [9.17, 15) is 0 Å². The fourth-order valence-corrected chi connectivity index (χ4v) is 3.41. The maximum Gasteiger partial charge on any atom is 0.0277 e. The zero-order valence-corrected chi connectivity index (χ0v) is 11.9. The fourth-order valence-electron chi connectivity index (χ4n) is 2.99. The number of hydrogen-bond acceptors (Lipinski definition) is 3. The Morgan fingerprint density at radius 2 is 1.88 bits per heavy atom. The van der Waals surface area contributed by atoms with Gasteiger partial charge in [0.2, 0.25) is 0 Å². The van der Waals surface area contributed by atoms with E-state index >= 15 is 0 Å². The number of hydrogen-bond donors (Lipinski definition) is 1. The van der Waals surface area contributed by atoms with Crippen LogP contribution in [0.2, 0.25) is 0 Å². The van der Waals surface area contributed by atoms with Crippen molar-refractivity contribution < 1.29 is 0 Å². The lowest BCUT2D eigenvalue weighted by molar-refractivity contribution is 0.00207. The molecule has 0 aromatic heterocycles. The molecule has 0 radical (unpaired) electrons. The Hall–Kier alpha value is 0.270. The summed E-state index contributed by atoms with van der Waals surface area (Å²) in [4.78, 5) is 5.15. The molecule has 16 heavy (non-hydrogen) atoms. The summed E-state index contributed by atoms with van der Waals surface area (Å²) in [6.45, 7) is 9.62. The predicted molar refractivity (Wildman–Crippen MR) is 73.3 cm³/mol. The molecule has 1 saturated carbocycles. The van der Waals surface area contributed by atoms with Crippen LogP contribution < -0.4 is 0 Å². The third kappa shape index (κ3) is 2.41. The molecule has 94 valence electrons. The summed E-state index contributed by atoms with van der Waals surface area (Å²) in [6.07, 6.45) is 4.20. The molecule has 2 fully saturated rings. The lowest BCUT2D eigenvalue weighted by atomic mass is 9.69. The number of piperazine rings is 1. The standard InChI is InChI=1S/C13H26N2S/c1-12(2)9-15(8-7-14(12)3)10-13(11-16)5-4-6-13/h16H,4-11H2,1-3H3. The van der Waals surface area contributed by atoms with Gasteiger partial charge in [-0.15, -0.1) is 0 Å². The molecular weight excluding hydrogens is 216 g/mol. The molecular formula is C13H26N2S. The third-order valence-electron chi connectivity index (χ3n) is 4.70. The Kier molecular flexibility index (Phi) is 3.58. The molecule has 3 heteroatoms. The minimum atomic E-state index is 0.333. The maximum absolute atomic E-state index is 4.56. The highest BCUT2D eigenvalue weighted by Gasteiger charge is 2.40. The molecule has 2 rings (SSSR count). The molecule has 0 atom stereocenters. The molecule has 1 heterocycles. The van der Waals surface area contributed by atoms with E-state index in [-0.39, 0.29) is 0 Å². The Bertz CT molecular complexity index is 243. The molecule has 0 spiro atoms. The average Bonchev–Trinajstić information content (AvgIpc) is 2.17. The van der Waals surface area contributed by atoms with Gasteiger partial charge in [-0.05, 0) is 44.9 Å². The first-order valence-corrected chi connectivity index (χ1v) is 7.15. The first-order valence-electron chi connectivity index (χ1n) is 6.52. The topological polar surface area (TPSA) is 6.48 Å². The quantitative estimate of drug-likeness (QED) is 0.757. The first-order chi connectivity index (χ1) is 7.47. The van der Waals surface area contributed by atoms with Crippen molar-refractivity contribution in [2.24, 2.45) is 5.41 Å². The van der Waals surface area contributed by atoms with Crippen LogP contribution in [0.4, 0.5) is 0 Å². The normalized spacial score (nSPS) is 30.0. The van der Waals surface area contributed by atoms with E-state index in [2.05, 4.69) is 43.3 Å². The monoisotopic (exact) mass is 242 g/mol. The minimum Gasteiger partial charge on any atom is -0.300 e. The van der Waals surface area contributed by atoms with Gasteiger partial charge in [-0.2, -0.15) is 12.6 Å². The lowest BCUT2D eigenvalue weighted by Gasteiger charge is -2.50. The van der Waals surface area contributed by atoms with E-state index in [4.69, 9.17) is 0 Å². The van der Waals surface area contributed by atoms with Crippen molar-refractivity contribution in [3.63, 3.8) is 0 Å². The smallest absolute Gasteiger partial charge is 0.0277 e. The van der Waals surface area contributed by atoms with Crippen molar-refractivity contribution in [2.75, 3.05) is 39.0 Å². The highest BCUT2D eigenvalue weighted by atomic mass is 32.1. The Morgan fingerprint density at radius 3 is 2.31 bits per heavy atom. The van der Waals surface area contributed by atoms with Crippen molar-refractivity contribution in [2.45, 2.75) is 38.6 Å². The molecule has 1 saturated heterocycles. The Labute approximate surface area is 106 Å². The molecule has 0 amide bonds. The molecule has 0 aromatic carbocycles. The second kappa shape index (κ2) is 4.51. The summed E-state index contributed by atoms with van der Waals surface area (Å²) in [5.41, 5.74) is 0.884. The summed E-state index contributed by atoms with van der Waals surface area (Å²) in [7, 11) is 2.25. The molecule has 0 N–H and O–H groups in total. The van der Waals surface area contributed by atoms with E-state index in [0.29, 0.717) is 11.0 Å². The number of rotatable bonds is 3. The number of thiol groups is 1. The first kappa shape index (κ1) is 12.7. The van der Waals surface area contributed by atoms with Gasteiger partial charge in [0.1, 0.15) is 0 Å². The average molecular weight is 242 g/mol. The Balaban J connectivity index is 1.91. The van der Waals surface area contributed by atoms with Crippen LogP contribution in [0.1, 0.15) is 33.1 Å².